The largest absolute Gasteiger partial charge is 0.461 e. The van der Waals surface area contributed by atoms with Crippen molar-refractivity contribution in [3.05, 3.63) is 42.3 Å². The highest BCUT2D eigenvalue weighted by atomic mass is 19.1. The Hall–Kier alpha value is -2.91. The van der Waals surface area contributed by atoms with Crippen LogP contribution in [0.15, 0.2) is 36.5 Å². The zero-order valence-corrected chi connectivity index (χ0v) is 20.2. The molecule has 2 aromatic heterocycles. The van der Waals surface area contributed by atoms with Crippen molar-refractivity contribution in [3.8, 4) is 17.3 Å². The summed E-state index contributed by atoms with van der Waals surface area (Å²) in [6.07, 6.45) is 5.49. The highest BCUT2D eigenvalue weighted by molar-refractivity contribution is 5.92. The first-order valence-corrected chi connectivity index (χ1v) is 13.0. The third-order valence-electron chi connectivity index (χ3n) is 8.44. The number of aromatic nitrogens is 3. The number of anilines is 1. The predicted molar refractivity (Wildman–Crippen MR) is 133 cm³/mol. The van der Waals surface area contributed by atoms with Gasteiger partial charge < -0.3 is 15.0 Å². The molecule has 4 fully saturated rings. The number of nitrogens with zero attached hydrogens (tertiary/aromatic N) is 5. The number of piperazine rings is 1. The van der Waals surface area contributed by atoms with Crippen molar-refractivity contribution in [2.24, 2.45) is 0 Å². The van der Waals surface area contributed by atoms with Crippen LogP contribution in [0.5, 0.6) is 6.01 Å². The molecular formula is C27H30F2N6O. The molecule has 0 radical (unpaired) electrons. The number of benzene rings is 1. The molecule has 7 nitrogen and oxygen atoms in total. The summed E-state index contributed by atoms with van der Waals surface area (Å²) in [4.78, 5) is 18.3. The number of halogens is 2. The summed E-state index contributed by atoms with van der Waals surface area (Å²) < 4.78 is 36.4. The van der Waals surface area contributed by atoms with Crippen LogP contribution in [0.4, 0.5) is 14.6 Å². The average Bonchev–Trinajstić information content (AvgIpc) is 3.54. The van der Waals surface area contributed by atoms with E-state index in [2.05, 4.69) is 25.1 Å². The van der Waals surface area contributed by atoms with Crippen LogP contribution >= 0.6 is 0 Å². The number of alkyl halides is 1. The Morgan fingerprint density at radius 3 is 2.69 bits per heavy atom. The van der Waals surface area contributed by atoms with Gasteiger partial charge in [0, 0.05) is 49.9 Å². The fourth-order valence-corrected chi connectivity index (χ4v) is 6.74. The predicted octanol–water partition coefficient (Wildman–Crippen LogP) is 3.73. The third-order valence-corrected chi connectivity index (χ3v) is 8.44. The fraction of sp³-hybridized carbons (Fsp3) is 0.519. The monoisotopic (exact) mass is 492 g/mol. The molecule has 36 heavy (non-hydrogen) atoms. The number of pyridine rings is 1. The zero-order chi connectivity index (χ0) is 24.3. The molecule has 2 bridgehead atoms. The van der Waals surface area contributed by atoms with Crippen LogP contribution in [-0.2, 0) is 0 Å². The molecule has 3 aromatic rings. The molecule has 1 N–H and O–H groups in total. The maximum atomic E-state index is 16.0. The van der Waals surface area contributed by atoms with Crippen molar-refractivity contribution in [1.82, 2.24) is 25.2 Å². The number of hydrogen-bond donors (Lipinski definition) is 1. The number of fused-ring (bicyclic) bond motifs is 4. The molecule has 9 heteroatoms. The van der Waals surface area contributed by atoms with E-state index in [1.165, 1.54) is 0 Å². The second kappa shape index (κ2) is 8.59. The van der Waals surface area contributed by atoms with Crippen LogP contribution in [0.1, 0.15) is 32.1 Å². The quantitative estimate of drug-likeness (QED) is 0.582. The first kappa shape index (κ1) is 22.3. The van der Waals surface area contributed by atoms with Crippen LogP contribution < -0.4 is 15.0 Å². The van der Waals surface area contributed by atoms with Crippen molar-refractivity contribution in [2.45, 2.75) is 55.9 Å². The van der Waals surface area contributed by atoms with Crippen molar-refractivity contribution < 1.29 is 13.5 Å². The molecule has 188 valence electrons. The Labute approximate surface area is 208 Å². The van der Waals surface area contributed by atoms with Crippen molar-refractivity contribution in [3.63, 3.8) is 0 Å². The molecule has 6 heterocycles. The zero-order valence-electron chi connectivity index (χ0n) is 20.2. The van der Waals surface area contributed by atoms with Gasteiger partial charge in [-0.25, -0.2) is 8.78 Å². The lowest BCUT2D eigenvalue weighted by Crippen LogP contribution is -2.51. The number of rotatable bonds is 5. The summed E-state index contributed by atoms with van der Waals surface area (Å²) in [6, 6.07) is 10.2. The molecule has 7 rings (SSSR count). The standard InChI is InChI=1S/C27H30F2N6O/c28-18-11-27(9-4-10-35(27)13-18)16-36-26-32-24-21(12-30-23(22(24)29)17-5-2-1-3-6-17)25(33-26)34-14-19-7-8-20(15-34)31-19/h1-3,5-6,12,18-20,31H,4,7-11,13-16H2/t18-,19?,20?,27+/m1/s1. The normalized spacial score (nSPS) is 29.7. The second-order valence-corrected chi connectivity index (χ2v) is 10.8. The third kappa shape index (κ3) is 3.71. The van der Waals surface area contributed by atoms with Gasteiger partial charge in [0.15, 0.2) is 5.82 Å². The Kier molecular flexibility index (Phi) is 5.32. The van der Waals surface area contributed by atoms with Crippen LogP contribution in [0, 0.1) is 5.82 Å². The summed E-state index contributed by atoms with van der Waals surface area (Å²) in [5.41, 5.74) is 0.846. The van der Waals surface area contributed by atoms with Crippen molar-refractivity contribution in [1.29, 1.82) is 0 Å². The first-order chi connectivity index (χ1) is 17.6. The SMILES string of the molecule is Fc1c(-c2ccccc2)ncc2c(N3CC4CCC(C3)N4)nc(OC[C@@]34CCCN3C[C@H](F)C4)nc12. The number of ether oxygens (including phenoxy) is 1. The van der Waals surface area contributed by atoms with Crippen LogP contribution in [0.25, 0.3) is 22.2 Å². The minimum atomic E-state index is -0.838. The molecular weight excluding hydrogens is 462 g/mol. The van der Waals surface area contributed by atoms with Crippen LogP contribution in [-0.4, -0.2) is 76.4 Å². The molecule has 4 atom stereocenters. The molecule has 4 aliphatic rings. The summed E-state index contributed by atoms with van der Waals surface area (Å²) in [5.74, 6) is 0.186. The van der Waals surface area contributed by atoms with Crippen molar-refractivity contribution in [2.75, 3.05) is 37.7 Å². The summed E-state index contributed by atoms with van der Waals surface area (Å²) in [5, 5.41) is 4.23. The lowest BCUT2D eigenvalue weighted by atomic mass is 9.95. The number of hydrogen-bond acceptors (Lipinski definition) is 7. The van der Waals surface area contributed by atoms with Gasteiger partial charge in [-0.1, -0.05) is 30.3 Å². The van der Waals surface area contributed by atoms with Gasteiger partial charge in [0.2, 0.25) is 0 Å². The first-order valence-electron chi connectivity index (χ1n) is 13.0. The van der Waals surface area contributed by atoms with E-state index in [9.17, 15) is 4.39 Å². The van der Waals surface area contributed by atoms with Gasteiger partial charge in [0.1, 0.15) is 29.8 Å². The number of nitrogens with one attached hydrogen (secondary N) is 1. The molecule has 4 aliphatic heterocycles. The van der Waals surface area contributed by atoms with E-state index in [0.717, 1.165) is 45.3 Å². The Bertz CT molecular complexity index is 1280. The van der Waals surface area contributed by atoms with E-state index in [4.69, 9.17) is 9.72 Å². The topological polar surface area (TPSA) is 66.4 Å². The van der Waals surface area contributed by atoms with E-state index < -0.39 is 12.0 Å². The van der Waals surface area contributed by atoms with Gasteiger partial charge in [-0.2, -0.15) is 9.97 Å². The Morgan fingerprint density at radius 1 is 1.08 bits per heavy atom. The average molecular weight is 493 g/mol. The minimum Gasteiger partial charge on any atom is -0.461 e. The van der Waals surface area contributed by atoms with Crippen molar-refractivity contribution >= 4 is 16.7 Å². The van der Waals surface area contributed by atoms with E-state index in [1.807, 2.05) is 30.3 Å². The summed E-state index contributed by atoms with van der Waals surface area (Å²) in [7, 11) is 0. The summed E-state index contributed by atoms with van der Waals surface area (Å²) >= 11 is 0. The smallest absolute Gasteiger partial charge is 0.319 e. The molecule has 0 amide bonds. The van der Waals surface area contributed by atoms with Gasteiger partial charge in [0.25, 0.3) is 0 Å². The molecule has 0 spiro atoms. The maximum Gasteiger partial charge on any atom is 0.319 e. The molecule has 0 saturated carbocycles. The van der Waals surface area contributed by atoms with Crippen LogP contribution in [0.3, 0.4) is 0 Å². The fourth-order valence-electron chi connectivity index (χ4n) is 6.74. The molecule has 2 unspecified atom stereocenters. The van der Waals surface area contributed by atoms with Gasteiger partial charge >= 0.3 is 6.01 Å². The van der Waals surface area contributed by atoms with E-state index >= 15 is 4.39 Å². The van der Waals surface area contributed by atoms with Gasteiger partial charge in [-0.3, -0.25) is 9.88 Å². The van der Waals surface area contributed by atoms with E-state index in [1.54, 1.807) is 6.20 Å². The molecule has 1 aromatic carbocycles. The van der Waals surface area contributed by atoms with Gasteiger partial charge in [0.05, 0.1) is 10.9 Å². The van der Waals surface area contributed by atoms with E-state index in [-0.39, 0.29) is 22.8 Å². The second-order valence-electron chi connectivity index (χ2n) is 10.8. The van der Waals surface area contributed by atoms with E-state index in [0.29, 0.717) is 48.4 Å². The lowest BCUT2D eigenvalue weighted by molar-refractivity contribution is 0.107. The Balaban J connectivity index is 1.29. The van der Waals surface area contributed by atoms with Gasteiger partial charge in [-0.15, -0.1) is 0 Å². The minimum absolute atomic E-state index is 0.149. The highest BCUT2D eigenvalue weighted by Gasteiger charge is 2.49. The van der Waals surface area contributed by atoms with Crippen LogP contribution in [0.2, 0.25) is 0 Å². The summed E-state index contributed by atoms with van der Waals surface area (Å²) in [6.45, 7) is 3.25. The maximum absolute atomic E-state index is 16.0. The Morgan fingerprint density at radius 2 is 1.89 bits per heavy atom. The highest BCUT2D eigenvalue weighted by Crippen LogP contribution is 2.41. The molecule has 0 aliphatic carbocycles. The molecule has 4 saturated heterocycles. The van der Waals surface area contributed by atoms with Gasteiger partial charge in [-0.05, 0) is 32.2 Å². The lowest BCUT2D eigenvalue weighted by Gasteiger charge is -2.34.